The summed E-state index contributed by atoms with van der Waals surface area (Å²) in [7, 11) is 0. The molecule has 1 heterocycles. The number of hydrogen-bond acceptors (Lipinski definition) is 1. The Morgan fingerprint density at radius 1 is 0.333 bits per heavy atom. The average molecular weight is 965 g/mol. The van der Waals surface area contributed by atoms with Crippen LogP contribution in [0.25, 0.3) is 94.3 Å². The molecule has 12 aromatic rings. The number of hydrogen-bond donors (Lipinski definition) is 0. The number of fused-ring (bicyclic) bond motifs is 9. The molecule has 0 saturated heterocycles. The lowest BCUT2D eigenvalue weighted by Gasteiger charge is -2.30. The maximum atomic E-state index is 14.7. The maximum Gasteiger partial charge on any atom is 0.123 e. The van der Waals surface area contributed by atoms with E-state index in [0.29, 0.717) is 0 Å². The van der Waals surface area contributed by atoms with Crippen LogP contribution in [-0.4, -0.2) is 4.57 Å². The summed E-state index contributed by atoms with van der Waals surface area (Å²) in [5, 5.41) is 3.44. The molecule has 0 bridgehead atoms. The standard InChI is InChI=1S/C72H53FN2/c1-71(2)64-27-17-16-25-57(64)59-40-37-54(43-66(59)71)74(52-33-28-47(29-34-52)46-18-8-5-9-19-46)55-38-41-60-58-39-30-50(42-65(58)72(3,4)67(60)44-55)62-45-63-68(48-20-10-6-11-21-48)69(49-22-12-7-13-23-49)75(53-35-31-51(73)32-36-53)70(63)61-26-15-14-24-56(61)62/h5-45H,1-4H3. The van der Waals surface area contributed by atoms with Crippen molar-refractivity contribution in [3.05, 3.63) is 277 Å². The third-order valence-electron chi connectivity index (χ3n) is 16.5. The van der Waals surface area contributed by atoms with E-state index in [1.165, 1.54) is 66.8 Å². The summed E-state index contributed by atoms with van der Waals surface area (Å²) in [6.45, 7) is 9.50. The highest BCUT2D eigenvalue weighted by molar-refractivity contribution is 6.20. The molecule has 2 nitrogen and oxygen atoms in total. The van der Waals surface area contributed by atoms with Crippen molar-refractivity contribution in [2.24, 2.45) is 0 Å². The summed E-state index contributed by atoms with van der Waals surface area (Å²) in [5.41, 5.74) is 24.6. The van der Waals surface area contributed by atoms with E-state index < -0.39 is 0 Å². The van der Waals surface area contributed by atoms with E-state index in [0.717, 1.165) is 66.8 Å². The zero-order chi connectivity index (χ0) is 50.6. The van der Waals surface area contributed by atoms with Crippen molar-refractivity contribution in [2.75, 3.05) is 4.90 Å². The molecule has 0 aliphatic heterocycles. The first-order chi connectivity index (χ1) is 36.6. The van der Waals surface area contributed by atoms with Crippen LogP contribution in [0, 0.1) is 5.82 Å². The molecule has 358 valence electrons. The van der Waals surface area contributed by atoms with Crippen LogP contribution < -0.4 is 4.90 Å². The molecular formula is C72H53FN2. The Hall–Kier alpha value is -9.05. The fourth-order valence-electron chi connectivity index (χ4n) is 12.7. The SMILES string of the molecule is CC1(C)c2ccccc2-c2ccc(N(c3ccc(-c4ccccc4)cc3)c3ccc4c(c3)C(C)(C)c3cc(-c5cc6c(-c7ccccc7)c(-c7ccccc7)n(-c7ccc(F)cc7)c6c6ccccc56)ccc3-4)cc21. The minimum atomic E-state index is -0.317. The molecule has 0 N–H and O–H groups in total. The third-order valence-corrected chi connectivity index (χ3v) is 16.5. The first-order valence-corrected chi connectivity index (χ1v) is 26.1. The molecule has 2 aliphatic carbocycles. The predicted octanol–water partition coefficient (Wildman–Crippen LogP) is 19.7. The molecule has 11 aromatic carbocycles. The zero-order valence-corrected chi connectivity index (χ0v) is 42.4. The second-order valence-corrected chi connectivity index (χ2v) is 21.4. The highest BCUT2D eigenvalue weighted by atomic mass is 19.1. The number of halogens is 1. The molecule has 0 fully saturated rings. The van der Waals surface area contributed by atoms with Crippen LogP contribution in [0.1, 0.15) is 49.9 Å². The molecule has 0 radical (unpaired) electrons. The average Bonchev–Trinajstić information content (AvgIpc) is 4.03. The topological polar surface area (TPSA) is 8.17 Å². The minimum absolute atomic E-state index is 0.139. The van der Waals surface area contributed by atoms with Gasteiger partial charge in [-0.05, 0) is 156 Å². The van der Waals surface area contributed by atoms with Crippen molar-refractivity contribution in [2.45, 2.75) is 38.5 Å². The van der Waals surface area contributed by atoms with Crippen LogP contribution >= 0.6 is 0 Å². The highest BCUT2D eigenvalue weighted by Gasteiger charge is 2.38. The van der Waals surface area contributed by atoms with Gasteiger partial charge in [0.1, 0.15) is 5.82 Å². The minimum Gasteiger partial charge on any atom is -0.310 e. The van der Waals surface area contributed by atoms with Crippen LogP contribution in [0.3, 0.4) is 0 Å². The number of nitrogens with zero attached hydrogens (tertiary/aromatic N) is 2. The lowest BCUT2D eigenvalue weighted by atomic mass is 9.81. The maximum absolute atomic E-state index is 14.7. The Morgan fingerprint density at radius 3 is 1.44 bits per heavy atom. The van der Waals surface area contributed by atoms with Gasteiger partial charge in [-0.1, -0.05) is 204 Å². The summed E-state index contributed by atoms with van der Waals surface area (Å²) in [6.07, 6.45) is 0. The van der Waals surface area contributed by atoms with E-state index in [2.05, 4.69) is 262 Å². The lowest BCUT2D eigenvalue weighted by Crippen LogP contribution is -2.18. The molecule has 14 rings (SSSR count). The molecule has 0 unspecified atom stereocenters. The molecule has 0 saturated carbocycles. The fraction of sp³-hybridized carbons (Fsp3) is 0.0833. The van der Waals surface area contributed by atoms with Gasteiger partial charge < -0.3 is 9.47 Å². The van der Waals surface area contributed by atoms with Gasteiger partial charge in [-0.25, -0.2) is 4.39 Å². The third kappa shape index (κ3) is 6.99. The van der Waals surface area contributed by atoms with E-state index in [4.69, 9.17) is 0 Å². The van der Waals surface area contributed by atoms with Crippen molar-refractivity contribution >= 4 is 38.7 Å². The Bertz CT molecular complexity index is 4210. The lowest BCUT2D eigenvalue weighted by molar-refractivity contribution is 0.627. The Balaban J connectivity index is 0.928. The molecule has 75 heavy (non-hydrogen) atoms. The number of aromatic nitrogens is 1. The van der Waals surface area contributed by atoms with E-state index >= 15 is 0 Å². The summed E-state index contributed by atoms with van der Waals surface area (Å²) in [6, 6.07) is 89.4. The van der Waals surface area contributed by atoms with Crippen molar-refractivity contribution in [1.82, 2.24) is 4.57 Å². The second-order valence-electron chi connectivity index (χ2n) is 21.4. The van der Waals surface area contributed by atoms with Gasteiger partial charge in [-0.3, -0.25) is 0 Å². The highest BCUT2D eigenvalue weighted by Crippen LogP contribution is 2.55. The summed E-state index contributed by atoms with van der Waals surface area (Å²) in [4.78, 5) is 2.45. The molecule has 3 heteroatoms. The second kappa shape index (κ2) is 17.0. The van der Waals surface area contributed by atoms with Crippen LogP contribution in [0.15, 0.2) is 249 Å². The molecule has 0 spiro atoms. The largest absolute Gasteiger partial charge is 0.310 e. The van der Waals surface area contributed by atoms with Crippen LogP contribution in [0.2, 0.25) is 0 Å². The molecule has 1 aromatic heterocycles. The van der Waals surface area contributed by atoms with Gasteiger partial charge in [0.25, 0.3) is 0 Å². The van der Waals surface area contributed by atoms with E-state index in [9.17, 15) is 4.39 Å². The van der Waals surface area contributed by atoms with Crippen LogP contribution in [0.4, 0.5) is 21.5 Å². The summed E-state index contributed by atoms with van der Waals surface area (Å²) in [5.74, 6) is -0.259. The predicted molar refractivity (Wildman–Crippen MR) is 312 cm³/mol. The van der Waals surface area contributed by atoms with Gasteiger partial charge in [0.05, 0.1) is 11.2 Å². The Morgan fingerprint density at radius 2 is 0.800 bits per heavy atom. The van der Waals surface area contributed by atoms with E-state index in [1.54, 1.807) is 12.1 Å². The first kappa shape index (κ1) is 44.6. The van der Waals surface area contributed by atoms with Gasteiger partial charge in [0, 0.05) is 49.9 Å². The van der Waals surface area contributed by atoms with Gasteiger partial charge >= 0.3 is 0 Å². The van der Waals surface area contributed by atoms with Gasteiger partial charge in [-0.2, -0.15) is 0 Å². The fourth-order valence-corrected chi connectivity index (χ4v) is 12.7. The number of benzene rings is 11. The first-order valence-electron chi connectivity index (χ1n) is 26.1. The van der Waals surface area contributed by atoms with Gasteiger partial charge in [0.15, 0.2) is 0 Å². The van der Waals surface area contributed by atoms with Gasteiger partial charge in [0.2, 0.25) is 0 Å². The molecule has 0 atom stereocenters. The number of rotatable bonds is 8. The van der Waals surface area contributed by atoms with Crippen molar-refractivity contribution in [3.63, 3.8) is 0 Å². The molecular weight excluding hydrogens is 912 g/mol. The molecule has 0 amide bonds. The monoisotopic (exact) mass is 964 g/mol. The number of anilines is 3. The normalized spacial score (nSPS) is 13.6. The van der Waals surface area contributed by atoms with Gasteiger partial charge in [-0.15, -0.1) is 0 Å². The Kier molecular flexibility index (Phi) is 10.1. The van der Waals surface area contributed by atoms with Crippen molar-refractivity contribution in [1.29, 1.82) is 0 Å². The van der Waals surface area contributed by atoms with Crippen molar-refractivity contribution in [3.8, 4) is 72.6 Å². The summed E-state index contributed by atoms with van der Waals surface area (Å²) < 4.78 is 17.0. The van der Waals surface area contributed by atoms with Crippen LogP contribution in [0.5, 0.6) is 0 Å². The smallest absolute Gasteiger partial charge is 0.123 e. The quantitative estimate of drug-likeness (QED) is 0.147. The van der Waals surface area contributed by atoms with E-state index in [1.807, 2.05) is 12.1 Å². The zero-order valence-electron chi connectivity index (χ0n) is 42.4. The van der Waals surface area contributed by atoms with E-state index in [-0.39, 0.29) is 16.6 Å². The van der Waals surface area contributed by atoms with Crippen LogP contribution in [-0.2, 0) is 10.8 Å². The van der Waals surface area contributed by atoms with Crippen molar-refractivity contribution < 1.29 is 4.39 Å². The Labute approximate surface area is 438 Å². The summed E-state index contributed by atoms with van der Waals surface area (Å²) >= 11 is 0. The molecule has 2 aliphatic rings.